The summed E-state index contributed by atoms with van der Waals surface area (Å²) in [5.41, 5.74) is 6.82. The molecule has 1 aliphatic rings. The van der Waals surface area contributed by atoms with Crippen LogP contribution in [0, 0.1) is 0 Å². The van der Waals surface area contributed by atoms with E-state index in [4.69, 9.17) is 15.2 Å². The van der Waals surface area contributed by atoms with E-state index < -0.39 is 0 Å². The fourth-order valence-corrected chi connectivity index (χ4v) is 2.77. The molecule has 2 aromatic rings. The zero-order valence-electron chi connectivity index (χ0n) is 14.6. The lowest BCUT2D eigenvalue weighted by atomic mass is 10.2. The molecule has 8 heteroatoms. The number of nitrogens with zero attached hydrogens (tertiary/aromatic N) is 4. The first-order valence-corrected chi connectivity index (χ1v) is 8.63. The number of hydrogen-bond donors (Lipinski definition) is 2. The van der Waals surface area contributed by atoms with E-state index >= 15 is 0 Å². The van der Waals surface area contributed by atoms with Crippen LogP contribution in [-0.2, 0) is 18.3 Å². The zero-order chi connectivity index (χ0) is 17.5. The van der Waals surface area contributed by atoms with Crippen molar-refractivity contribution in [3.8, 4) is 5.75 Å². The van der Waals surface area contributed by atoms with Crippen molar-refractivity contribution in [1.82, 2.24) is 19.7 Å². The van der Waals surface area contributed by atoms with Gasteiger partial charge < -0.3 is 20.5 Å². The minimum atomic E-state index is 0.276. The Morgan fingerprint density at radius 1 is 1.32 bits per heavy atom. The highest BCUT2D eigenvalue weighted by molar-refractivity contribution is 5.31. The van der Waals surface area contributed by atoms with Crippen LogP contribution in [0.15, 0.2) is 24.3 Å². The van der Waals surface area contributed by atoms with Crippen molar-refractivity contribution >= 4 is 11.9 Å². The molecule has 3 N–H and O–H groups in total. The SMILES string of the molecule is Cn1nc(N)nc1NCCCOc1cccc(CN2CCOCC2)c1. The summed E-state index contributed by atoms with van der Waals surface area (Å²) in [7, 11) is 1.81. The van der Waals surface area contributed by atoms with Crippen molar-refractivity contribution < 1.29 is 9.47 Å². The summed E-state index contributed by atoms with van der Waals surface area (Å²) in [5, 5.41) is 7.19. The molecule has 1 fully saturated rings. The van der Waals surface area contributed by atoms with E-state index in [1.807, 2.05) is 19.2 Å². The van der Waals surface area contributed by atoms with E-state index in [1.54, 1.807) is 4.68 Å². The number of ether oxygens (including phenoxy) is 2. The highest BCUT2D eigenvalue weighted by Crippen LogP contribution is 2.16. The standard InChI is InChI=1S/C17H26N6O2/c1-22-17(20-16(18)21-22)19-6-3-9-25-15-5-2-4-14(12-15)13-23-7-10-24-11-8-23/h2,4-5,12H,3,6-11,13H2,1H3,(H3,18,19,20,21). The molecule has 1 aromatic heterocycles. The van der Waals surface area contributed by atoms with Gasteiger partial charge in [-0.3, -0.25) is 4.90 Å². The molecular weight excluding hydrogens is 320 g/mol. The highest BCUT2D eigenvalue weighted by Gasteiger charge is 2.11. The average Bonchev–Trinajstić information content (AvgIpc) is 2.93. The fourth-order valence-electron chi connectivity index (χ4n) is 2.77. The first-order chi connectivity index (χ1) is 12.2. The van der Waals surface area contributed by atoms with Gasteiger partial charge in [0, 0.05) is 33.2 Å². The van der Waals surface area contributed by atoms with Gasteiger partial charge in [0.25, 0.3) is 0 Å². The number of aromatic nitrogens is 3. The van der Waals surface area contributed by atoms with Crippen molar-refractivity contribution in [2.45, 2.75) is 13.0 Å². The Bertz CT molecular complexity index is 669. The summed E-state index contributed by atoms with van der Waals surface area (Å²) in [5.74, 6) is 1.86. The summed E-state index contributed by atoms with van der Waals surface area (Å²) in [6.07, 6.45) is 0.862. The second kappa shape index (κ2) is 8.68. The number of benzene rings is 1. The van der Waals surface area contributed by atoms with Gasteiger partial charge in [-0.1, -0.05) is 12.1 Å². The van der Waals surface area contributed by atoms with Crippen LogP contribution < -0.4 is 15.8 Å². The van der Waals surface area contributed by atoms with Crippen molar-refractivity contribution in [3.63, 3.8) is 0 Å². The molecule has 2 heterocycles. The number of nitrogens with one attached hydrogen (secondary N) is 1. The molecule has 0 amide bonds. The Hall–Kier alpha value is -2.32. The number of aryl methyl sites for hydroxylation is 1. The van der Waals surface area contributed by atoms with Crippen LogP contribution in [0.5, 0.6) is 5.75 Å². The number of nitrogen functional groups attached to an aromatic ring is 1. The molecule has 0 radical (unpaired) electrons. The molecule has 0 spiro atoms. The molecule has 3 rings (SSSR count). The lowest BCUT2D eigenvalue weighted by Crippen LogP contribution is -2.35. The summed E-state index contributed by atoms with van der Waals surface area (Å²) in [6, 6.07) is 8.31. The van der Waals surface area contributed by atoms with Gasteiger partial charge in [-0.15, -0.1) is 5.10 Å². The molecule has 0 atom stereocenters. The van der Waals surface area contributed by atoms with E-state index in [9.17, 15) is 0 Å². The summed E-state index contributed by atoms with van der Waals surface area (Å²) >= 11 is 0. The number of nitrogens with two attached hydrogens (primary N) is 1. The van der Waals surface area contributed by atoms with Gasteiger partial charge in [0.1, 0.15) is 5.75 Å². The Morgan fingerprint density at radius 3 is 2.92 bits per heavy atom. The van der Waals surface area contributed by atoms with Crippen LogP contribution >= 0.6 is 0 Å². The second-order valence-corrected chi connectivity index (χ2v) is 6.08. The summed E-state index contributed by atoms with van der Waals surface area (Å²) < 4.78 is 12.9. The smallest absolute Gasteiger partial charge is 0.241 e. The summed E-state index contributed by atoms with van der Waals surface area (Å²) in [4.78, 5) is 6.50. The average molecular weight is 346 g/mol. The molecular formula is C17H26N6O2. The summed E-state index contributed by atoms with van der Waals surface area (Å²) in [6.45, 7) is 5.95. The Labute approximate surface area is 147 Å². The highest BCUT2D eigenvalue weighted by atomic mass is 16.5. The lowest BCUT2D eigenvalue weighted by molar-refractivity contribution is 0.0341. The predicted octanol–water partition coefficient (Wildman–Crippen LogP) is 1.11. The third kappa shape index (κ3) is 5.33. The minimum Gasteiger partial charge on any atom is -0.494 e. The van der Waals surface area contributed by atoms with Gasteiger partial charge in [0.05, 0.1) is 19.8 Å². The third-order valence-corrected chi connectivity index (χ3v) is 4.06. The van der Waals surface area contributed by atoms with Gasteiger partial charge in [0.2, 0.25) is 11.9 Å². The molecule has 0 aliphatic carbocycles. The van der Waals surface area contributed by atoms with Crippen molar-refractivity contribution in [1.29, 1.82) is 0 Å². The van der Waals surface area contributed by atoms with Crippen LogP contribution in [0.25, 0.3) is 0 Å². The molecule has 25 heavy (non-hydrogen) atoms. The van der Waals surface area contributed by atoms with E-state index in [0.717, 1.165) is 51.6 Å². The quantitative estimate of drug-likeness (QED) is 0.692. The lowest BCUT2D eigenvalue weighted by Gasteiger charge is -2.26. The maximum absolute atomic E-state index is 5.86. The van der Waals surface area contributed by atoms with E-state index in [0.29, 0.717) is 12.6 Å². The van der Waals surface area contributed by atoms with Gasteiger partial charge >= 0.3 is 0 Å². The molecule has 1 saturated heterocycles. The number of rotatable bonds is 8. The molecule has 136 valence electrons. The van der Waals surface area contributed by atoms with Crippen LogP contribution in [0.3, 0.4) is 0 Å². The molecule has 0 unspecified atom stereocenters. The molecule has 0 saturated carbocycles. The van der Waals surface area contributed by atoms with Crippen molar-refractivity contribution in [3.05, 3.63) is 29.8 Å². The molecule has 1 aliphatic heterocycles. The van der Waals surface area contributed by atoms with Crippen molar-refractivity contribution in [2.75, 3.05) is 50.5 Å². The van der Waals surface area contributed by atoms with E-state index in [-0.39, 0.29) is 5.95 Å². The number of morpholine rings is 1. The maximum atomic E-state index is 5.86. The predicted molar refractivity (Wildman–Crippen MR) is 96.6 cm³/mol. The number of anilines is 2. The number of hydrogen-bond acceptors (Lipinski definition) is 7. The first kappa shape index (κ1) is 17.5. The topological polar surface area (TPSA) is 90.5 Å². The van der Waals surface area contributed by atoms with Crippen LogP contribution in [0.2, 0.25) is 0 Å². The third-order valence-electron chi connectivity index (χ3n) is 4.06. The van der Waals surface area contributed by atoms with Gasteiger partial charge in [-0.2, -0.15) is 4.98 Å². The van der Waals surface area contributed by atoms with Gasteiger partial charge in [0.15, 0.2) is 0 Å². The first-order valence-electron chi connectivity index (χ1n) is 8.63. The maximum Gasteiger partial charge on any atom is 0.241 e. The normalized spacial score (nSPS) is 15.2. The van der Waals surface area contributed by atoms with Crippen LogP contribution in [0.4, 0.5) is 11.9 Å². The molecule has 8 nitrogen and oxygen atoms in total. The van der Waals surface area contributed by atoms with Gasteiger partial charge in [-0.25, -0.2) is 4.68 Å². The zero-order valence-corrected chi connectivity index (χ0v) is 14.6. The van der Waals surface area contributed by atoms with Crippen molar-refractivity contribution in [2.24, 2.45) is 7.05 Å². The minimum absolute atomic E-state index is 0.276. The van der Waals surface area contributed by atoms with Crippen LogP contribution in [-0.4, -0.2) is 59.1 Å². The largest absolute Gasteiger partial charge is 0.494 e. The van der Waals surface area contributed by atoms with E-state index in [2.05, 4.69) is 32.4 Å². The van der Waals surface area contributed by atoms with Crippen LogP contribution in [0.1, 0.15) is 12.0 Å². The fraction of sp³-hybridized carbons (Fsp3) is 0.529. The monoisotopic (exact) mass is 346 g/mol. The molecule has 0 bridgehead atoms. The Kier molecular flexibility index (Phi) is 6.08. The van der Waals surface area contributed by atoms with Gasteiger partial charge in [-0.05, 0) is 24.1 Å². The molecule has 1 aromatic carbocycles. The second-order valence-electron chi connectivity index (χ2n) is 6.08. The Balaban J connectivity index is 1.39. The Morgan fingerprint density at radius 2 is 2.16 bits per heavy atom. The van der Waals surface area contributed by atoms with E-state index in [1.165, 1.54) is 5.56 Å².